The van der Waals surface area contributed by atoms with Crippen LogP contribution in [0.15, 0.2) is 24.3 Å². The van der Waals surface area contributed by atoms with Crippen molar-refractivity contribution >= 4 is 17.0 Å². The van der Waals surface area contributed by atoms with E-state index in [4.69, 9.17) is 5.73 Å². The van der Waals surface area contributed by atoms with E-state index in [1.807, 2.05) is 18.2 Å². The number of nitrogens with two attached hydrogens (primary N) is 1. The first kappa shape index (κ1) is 11.5. The van der Waals surface area contributed by atoms with E-state index in [-0.39, 0.29) is 0 Å². The molecule has 2 atom stereocenters. The largest absolute Gasteiger partial charge is 0.342 e. The van der Waals surface area contributed by atoms with Crippen LogP contribution < -0.4 is 10.6 Å². The number of nitrogens with one attached hydrogen (secondary N) is 1. The van der Waals surface area contributed by atoms with E-state index < -0.39 is 0 Å². The van der Waals surface area contributed by atoms with Gasteiger partial charge >= 0.3 is 0 Å². The highest BCUT2D eigenvalue weighted by molar-refractivity contribution is 5.77. The van der Waals surface area contributed by atoms with E-state index in [9.17, 15) is 0 Å². The van der Waals surface area contributed by atoms with Crippen LogP contribution in [-0.2, 0) is 0 Å². The number of H-pyrrole nitrogens is 1. The molecule has 96 valence electrons. The molecule has 1 aliphatic rings. The summed E-state index contributed by atoms with van der Waals surface area (Å²) in [5.74, 6) is 2.28. The predicted octanol–water partition coefficient (Wildman–Crippen LogP) is 1.98. The van der Waals surface area contributed by atoms with E-state index in [1.165, 1.54) is 6.42 Å². The number of aromatic nitrogens is 2. The normalized spacial score (nSPS) is 24.7. The number of nitrogens with zero attached hydrogens (tertiary/aromatic N) is 2. The zero-order valence-electron chi connectivity index (χ0n) is 10.8. The molecular formula is C14H20N4. The first-order valence-electron chi connectivity index (χ1n) is 6.67. The number of rotatable bonds is 2. The van der Waals surface area contributed by atoms with E-state index >= 15 is 0 Å². The molecule has 1 aromatic carbocycles. The van der Waals surface area contributed by atoms with Crippen molar-refractivity contribution in [1.82, 2.24) is 9.97 Å². The van der Waals surface area contributed by atoms with Gasteiger partial charge in [0.2, 0.25) is 5.95 Å². The predicted molar refractivity (Wildman–Crippen MR) is 74.6 cm³/mol. The molecule has 4 heteroatoms. The molecule has 3 rings (SSSR count). The third-order valence-corrected chi connectivity index (χ3v) is 4.09. The second-order valence-electron chi connectivity index (χ2n) is 5.29. The lowest BCUT2D eigenvalue weighted by atomic mass is 9.87. The number of para-hydroxylation sites is 2. The standard InChI is InChI=1S/C14H20N4/c1-10-6-7-18(9-11(10)8-15)14-16-12-4-2-3-5-13(12)17-14/h2-5,10-11H,6-9,15H2,1H3,(H,16,17). The van der Waals surface area contributed by atoms with Crippen molar-refractivity contribution in [1.29, 1.82) is 0 Å². The van der Waals surface area contributed by atoms with Gasteiger partial charge in [-0.1, -0.05) is 19.1 Å². The summed E-state index contributed by atoms with van der Waals surface area (Å²) in [6.45, 7) is 5.14. The molecule has 1 saturated heterocycles. The van der Waals surface area contributed by atoms with Crippen molar-refractivity contribution in [2.45, 2.75) is 13.3 Å². The average Bonchev–Trinajstić information content (AvgIpc) is 2.83. The Morgan fingerprint density at radius 2 is 2.28 bits per heavy atom. The molecule has 0 saturated carbocycles. The van der Waals surface area contributed by atoms with Crippen LogP contribution in [0.2, 0.25) is 0 Å². The summed E-state index contributed by atoms with van der Waals surface area (Å²) in [6.07, 6.45) is 1.19. The summed E-state index contributed by atoms with van der Waals surface area (Å²) >= 11 is 0. The van der Waals surface area contributed by atoms with E-state index in [0.29, 0.717) is 5.92 Å². The van der Waals surface area contributed by atoms with Gasteiger partial charge in [-0.05, 0) is 36.9 Å². The maximum Gasteiger partial charge on any atom is 0.203 e. The Bertz CT molecular complexity index is 500. The van der Waals surface area contributed by atoms with Crippen LogP contribution in [0.3, 0.4) is 0 Å². The Labute approximate surface area is 107 Å². The van der Waals surface area contributed by atoms with Crippen LogP contribution in [0, 0.1) is 11.8 Å². The van der Waals surface area contributed by atoms with Crippen molar-refractivity contribution in [3.8, 4) is 0 Å². The Kier molecular flexibility index (Phi) is 2.96. The van der Waals surface area contributed by atoms with Gasteiger partial charge in [0.25, 0.3) is 0 Å². The minimum atomic E-state index is 0.576. The smallest absolute Gasteiger partial charge is 0.203 e. The maximum atomic E-state index is 5.85. The lowest BCUT2D eigenvalue weighted by Gasteiger charge is -2.36. The quantitative estimate of drug-likeness (QED) is 0.849. The van der Waals surface area contributed by atoms with Crippen molar-refractivity contribution in [2.75, 3.05) is 24.5 Å². The highest BCUT2D eigenvalue weighted by atomic mass is 15.3. The fourth-order valence-corrected chi connectivity index (χ4v) is 2.74. The van der Waals surface area contributed by atoms with Gasteiger partial charge in [-0.25, -0.2) is 4.98 Å². The molecule has 0 aliphatic carbocycles. The van der Waals surface area contributed by atoms with E-state index in [2.05, 4.69) is 27.9 Å². The second kappa shape index (κ2) is 4.61. The average molecular weight is 244 g/mol. The van der Waals surface area contributed by atoms with Gasteiger partial charge in [-0.15, -0.1) is 0 Å². The van der Waals surface area contributed by atoms with Crippen LogP contribution in [0.1, 0.15) is 13.3 Å². The number of benzene rings is 1. The number of piperidine rings is 1. The molecule has 3 N–H and O–H groups in total. The summed E-state index contributed by atoms with van der Waals surface area (Å²) in [4.78, 5) is 10.4. The minimum Gasteiger partial charge on any atom is -0.342 e. The van der Waals surface area contributed by atoms with Gasteiger partial charge in [-0.3, -0.25) is 0 Å². The molecule has 1 aliphatic heterocycles. The SMILES string of the molecule is CC1CCN(c2nc3ccccc3[nH]2)CC1CN. The molecule has 2 heterocycles. The summed E-state index contributed by atoms with van der Waals surface area (Å²) in [7, 11) is 0. The van der Waals surface area contributed by atoms with Crippen molar-refractivity contribution in [2.24, 2.45) is 17.6 Å². The van der Waals surface area contributed by atoms with E-state index in [1.54, 1.807) is 0 Å². The molecule has 0 amide bonds. The fraction of sp³-hybridized carbons (Fsp3) is 0.500. The number of imidazole rings is 1. The number of hydrogen-bond donors (Lipinski definition) is 2. The van der Waals surface area contributed by atoms with Crippen LogP contribution in [0.5, 0.6) is 0 Å². The lowest BCUT2D eigenvalue weighted by Crippen LogP contribution is -2.43. The summed E-state index contributed by atoms with van der Waals surface area (Å²) in [5, 5.41) is 0. The number of fused-ring (bicyclic) bond motifs is 1. The van der Waals surface area contributed by atoms with Gasteiger partial charge in [0.15, 0.2) is 0 Å². The highest BCUT2D eigenvalue weighted by Gasteiger charge is 2.26. The Morgan fingerprint density at radius 3 is 3.06 bits per heavy atom. The number of anilines is 1. The maximum absolute atomic E-state index is 5.85. The lowest BCUT2D eigenvalue weighted by molar-refractivity contribution is 0.306. The van der Waals surface area contributed by atoms with E-state index in [0.717, 1.165) is 42.5 Å². The summed E-state index contributed by atoms with van der Waals surface area (Å²) in [6, 6.07) is 8.17. The van der Waals surface area contributed by atoms with Crippen molar-refractivity contribution in [3.05, 3.63) is 24.3 Å². The Hall–Kier alpha value is -1.55. The van der Waals surface area contributed by atoms with Gasteiger partial charge in [0.05, 0.1) is 11.0 Å². The first-order chi connectivity index (χ1) is 8.78. The highest BCUT2D eigenvalue weighted by Crippen LogP contribution is 2.26. The molecule has 1 aromatic heterocycles. The first-order valence-corrected chi connectivity index (χ1v) is 6.67. The second-order valence-corrected chi connectivity index (χ2v) is 5.29. The molecule has 2 unspecified atom stereocenters. The molecule has 18 heavy (non-hydrogen) atoms. The van der Waals surface area contributed by atoms with Crippen LogP contribution >= 0.6 is 0 Å². The van der Waals surface area contributed by atoms with Crippen LogP contribution in [0.4, 0.5) is 5.95 Å². The van der Waals surface area contributed by atoms with Crippen LogP contribution in [-0.4, -0.2) is 29.6 Å². The summed E-state index contributed by atoms with van der Waals surface area (Å²) in [5.41, 5.74) is 8.00. The number of hydrogen-bond acceptors (Lipinski definition) is 3. The third-order valence-electron chi connectivity index (χ3n) is 4.09. The minimum absolute atomic E-state index is 0.576. The topological polar surface area (TPSA) is 57.9 Å². The third kappa shape index (κ3) is 1.97. The number of aromatic amines is 1. The molecule has 1 fully saturated rings. The van der Waals surface area contributed by atoms with Crippen molar-refractivity contribution < 1.29 is 0 Å². The molecule has 4 nitrogen and oxygen atoms in total. The molecular weight excluding hydrogens is 224 g/mol. The molecule has 2 aromatic rings. The van der Waals surface area contributed by atoms with Gasteiger partial charge < -0.3 is 15.6 Å². The molecule has 0 spiro atoms. The Morgan fingerprint density at radius 1 is 1.44 bits per heavy atom. The zero-order chi connectivity index (χ0) is 12.5. The van der Waals surface area contributed by atoms with Crippen molar-refractivity contribution in [3.63, 3.8) is 0 Å². The van der Waals surface area contributed by atoms with Crippen LogP contribution in [0.25, 0.3) is 11.0 Å². The van der Waals surface area contributed by atoms with Gasteiger partial charge in [0, 0.05) is 13.1 Å². The van der Waals surface area contributed by atoms with Gasteiger partial charge in [-0.2, -0.15) is 0 Å². The zero-order valence-corrected chi connectivity index (χ0v) is 10.8. The molecule has 0 radical (unpaired) electrons. The Balaban J connectivity index is 1.86. The monoisotopic (exact) mass is 244 g/mol. The summed E-state index contributed by atoms with van der Waals surface area (Å²) < 4.78 is 0. The van der Waals surface area contributed by atoms with Gasteiger partial charge in [0.1, 0.15) is 0 Å². The fourth-order valence-electron chi connectivity index (χ4n) is 2.74. The molecule has 0 bridgehead atoms.